The molecule has 5 nitrogen and oxygen atoms in total. The number of hydrogen-bond acceptors (Lipinski definition) is 5. The second-order valence-electron chi connectivity index (χ2n) is 5.90. The number of para-hydroxylation sites is 1. The summed E-state index contributed by atoms with van der Waals surface area (Å²) in [4.78, 5) is 14.5. The van der Waals surface area contributed by atoms with Gasteiger partial charge in [-0.15, -0.1) is 0 Å². The van der Waals surface area contributed by atoms with E-state index in [4.69, 9.17) is 10.5 Å². The van der Waals surface area contributed by atoms with Crippen molar-refractivity contribution in [2.45, 2.75) is 37.8 Å². The number of ether oxygens (including phenoxy) is 1. The lowest BCUT2D eigenvalue weighted by Crippen LogP contribution is -2.42. The molecule has 3 rings (SSSR count). The zero-order chi connectivity index (χ0) is 14.8. The van der Waals surface area contributed by atoms with Crippen LogP contribution in [0.4, 0.5) is 11.4 Å². The predicted molar refractivity (Wildman–Crippen MR) is 83.4 cm³/mol. The molecule has 0 saturated carbocycles. The molecule has 114 valence electrons. The van der Waals surface area contributed by atoms with Gasteiger partial charge in [0, 0.05) is 18.6 Å². The molecule has 2 heterocycles. The molecule has 0 aromatic heterocycles. The number of nitrogen functional groups attached to an aromatic ring is 1. The van der Waals surface area contributed by atoms with Crippen molar-refractivity contribution < 1.29 is 9.53 Å². The smallest absolute Gasteiger partial charge is 0.340 e. The first-order valence-electron chi connectivity index (χ1n) is 7.68. The third kappa shape index (κ3) is 2.70. The minimum Gasteiger partial charge on any atom is -0.465 e. The molecule has 0 bridgehead atoms. The van der Waals surface area contributed by atoms with Crippen molar-refractivity contribution in [3.8, 4) is 0 Å². The molecule has 1 aromatic carbocycles. The molecule has 0 aliphatic carbocycles. The third-order valence-corrected chi connectivity index (χ3v) is 4.69. The van der Waals surface area contributed by atoms with Gasteiger partial charge in [0.15, 0.2) is 0 Å². The van der Waals surface area contributed by atoms with Crippen LogP contribution in [0.5, 0.6) is 0 Å². The minimum absolute atomic E-state index is 0.344. The molecule has 2 atom stereocenters. The van der Waals surface area contributed by atoms with E-state index in [-0.39, 0.29) is 5.97 Å². The van der Waals surface area contributed by atoms with Crippen LogP contribution in [-0.4, -0.2) is 43.2 Å². The number of fused-ring (bicyclic) bond motifs is 1. The maximum Gasteiger partial charge on any atom is 0.340 e. The van der Waals surface area contributed by atoms with Gasteiger partial charge in [-0.05, 0) is 37.9 Å². The fourth-order valence-corrected chi connectivity index (χ4v) is 3.61. The largest absolute Gasteiger partial charge is 0.465 e. The second kappa shape index (κ2) is 5.93. The van der Waals surface area contributed by atoms with Gasteiger partial charge >= 0.3 is 5.97 Å². The van der Waals surface area contributed by atoms with Gasteiger partial charge in [0.25, 0.3) is 0 Å². The molecule has 2 fully saturated rings. The summed E-state index contributed by atoms with van der Waals surface area (Å²) < 4.78 is 4.86. The summed E-state index contributed by atoms with van der Waals surface area (Å²) in [5, 5.41) is 3.52. The van der Waals surface area contributed by atoms with Gasteiger partial charge < -0.3 is 15.8 Å². The number of carbonyl (C=O) groups excluding carboxylic acids is 1. The van der Waals surface area contributed by atoms with Crippen molar-refractivity contribution in [3.63, 3.8) is 0 Å². The summed E-state index contributed by atoms with van der Waals surface area (Å²) in [6, 6.07) is 6.29. The van der Waals surface area contributed by atoms with Crippen LogP contribution >= 0.6 is 0 Å². The van der Waals surface area contributed by atoms with Crippen molar-refractivity contribution in [2.24, 2.45) is 0 Å². The van der Waals surface area contributed by atoms with Gasteiger partial charge in [-0.2, -0.15) is 0 Å². The first-order valence-corrected chi connectivity index (χ1v) is 7.68. The first kappa shape index (κ1) is 14.2. The van der Waals surface area contributed by atoms with Crippen LogP contribution in [0.1, 0.15) is 36.0 Å². The van der Waals surface area contributed by atoms with Gasteiger partial charge in [-0.3, -0.25) is 4.90 Å². The molecule has 2 aliphatic heterocycles. The Morgan fingerprint density at radius 1 is 1.33 bits per heavy atom. The van der Waals surface area contributed by atoms with Crippen molar-refractivity contribution >= 4 is 17.3 Å². The number of esters is 1. The fourth-order valence-electron chi connectivity index (χ4n) is 3.61. The summed E-state index contributed by atoms with van der Waals surface area (Å²) in [6.45, 7) is 2.32. The van der Waals surface area contributed by atoms with E-state index in [0.717, 1.165) is 18.7 Å². The molecule has 0 amide bonds. The molecule has 0 radical (unpaired) electrons. The summed E-state index contributed by atoms with van der Waals surface area (Å²) >= 11 is 0. The van der Waals surface area contributed by atoms with E-state index in [1.165, 1.54) is 32.9 Å². The van der Waals surface area contributed by atoms with Crippen molar-refractivity contribution in [1.82, 2.24) is 4.90 Å². The van der Waals surface area contributed by atoms with Crippen LogP contribution in [-0.2, 0) is 4.74 Å². The molecular weight excluding hydrogens is 266 g/mol. The number of anilines is 2. The van der Waals surface area contributed by atoms with Gasteiger partial charge in [0.05, 0.1) is 24.0 Å². The Kier molecular flexibility index (Phi) is 4.01. The topological polar surface area (TPSA) is 67.6 Å². The summed E-state index contributed by atoms with van der Waals surface area (Å²) in [5.74, 6) is -0.344. The van der Waals surface area contributed by atoms with E-state index in [2.05, 4.69) is 10.2 Å². The van der Waals surface area contributed by atoms with Crippen LogP contribution < -0.4 is 11.1 Å². The monoisotopic (exact) mass is 289 g/mol. The predicted octanol–water partition coefficient (Wildman–Crippen LogP) is 2.09. The number of nitrogens with one attached hydrogen (secondary N) is 1. The summed E-state index contributed by atoms with van der Waals surface area (Å²) in [6.07, 6.45) is 4.90. The molecule has 2 saturated heterocycles. The van der Waals surface area contributed by atoms with Crippen LogP contribution in [0, 0.1) is 0 Å². The standard InChI is InChI=1S/C16H23N3O2/c1-21-16(20)11-5-4-6-12(17)15(11)18-13-8-10-19-9-3-2-7-14(13)19/h4-6,13-14,18H,2-3,7-10,17H2,1H3. The number of methoxy groups -OCH3 is 1. The SMILES string of the molecule is COC(=O)c1cccc(N)c1NC1CCN2CCCCC12. The molecule has 3 N–H and O–H groups in total. The van der Waals surface area contributed by atoms with Crippen molar-refractivity contribution in [2.75, 3.05) is 31.2 Å². The van der Waals surface area contributed by atoms with E-state index in [1.54, 1.807) is 12.1 Å². The van der Waals surface area contributed by atoms with E-state index in [1.807, 2.05) is 6.07 Å². The molecule has 1 aromatic rings. The Morgan fingerprint density at radius 2 is 2.19 bits per heavy atom. The highest BCUT2D eigenvalue weighted by atomic mass is 16.5. The number of nitrogens with two attached hydrogens (primary N) is 1. The lowest BCUT2D eigenvalue weighted by Gasteiger charge is -2.33. The average Bonchev–Trinajstić information content (AvgIpc) is 2.92. The number of nitrogens with zero attached hydrogens (tertiary/aromatic N) is 1. The molecule has 21 heavy (non-hydrogen) atoms. The quantitative estimate of drug-likeness (QED) is 0.659. The number of piperidine rings is 1. The molecule has 0 spiro atoms. The van der Waals surface area contributed by atoms with Gasteiger partial charge in [-0.25, -0.2) is 4.79 Å². The zero-order valence-electron chi connectivity index (χ0n) is 12.5. The van der Waals surface area contributed by atoms with Crippen molar-refractivity contribution in [3.05, 3.63) is 23.8 Å². The molecule has 5 heteroatoms. The van der Waals surface area contributed by atoms with E-state index >= 15 is 0 Å². The number of rotatable bonds is 3. The Hall–Kier alpha value is -1.75. The Balaban J connectivity index is 1.83. The van der Waals surface area contributed by atoms with Gasteiger partial charge in [0.1, 0.15) is 0 Å². The Bertz CT molecular complexity index is 532. The van der Waals surface area contributed by atoms with Gasteiger partial charge in [0.2, 0.25) is 0 Å². The minimum atomic E-state index is -0.344. The number of carbonyl (C=O) groups is 1. The summed E-state index contributed by atoms with van der Waals surface area (Å²) in [5.41, 5.74) is 7.92. The number of benzene rings is 1. The van der Waals surface area contributed by atoms with Crippen LogP contribution in [0.25, 0.3) is 0 Å². The zero-order valence-corrected chi connectivity index (χ0v) is 12.5. The van der Waals surface area contributed by atoms with Crippen molar-refractivity contribution in [1.29, 1.82) is 0 Å². The highest BCUT2D eigenvalue weighted by Gasteiger charge is 2.36. The maximum atomic E-state index is 11.9. The molecular formula is C16H23N3O2. The molecule has 2 unspecified atom stereocenters. The normalized spacial score (nSPS) is 25.4. The lowest BCUT2D eigenvalue weighted by atomic mass is 9.98. The molecule has 2 aliphatic rings. The van der Waals surface area contributed by atoms with Crippen LogP contribution in [0.15, 0.2) is 18.2 Å². The first-order chi connectivity index (χ1) is 10.2. The fraction of sp³-hybridized carbons (Fsp3) is 0.562. The Labute approximate surface area is 125 Å². The lowest BCUT2D eigenvalue weighted by molar-refractivity contribution is 0.0602. The highest BCUT2D eigenvalue weighted by molar-refractivity contribution is 5.98. The van der Waals surface area contributed by atoms with E-state index in [9.17, 15) is 4.79 Å². The van der Waals surface area contributed by atoms with E-state index in [0.29, 0.717) is 23.3 Å². The van der Waals surface area contributed by atoms with E-state index < -0.39 is 0 Å². The summed E-state index contributed by atoms with van der Waals surface area (Å²) in [7, 11) is 1.40. The van der Waals surface area contributed by atoms with Crippen LogP contribution in [0.3, 0.4) is 0 Å². The second-order valence-corrected chi connectivity index (χ2v) is 5.90. The van der Waals surface area contributed by atoms with Gasteiger partial charge in [-0.1, -0.05) is 12.5 Å². The Morgan fingerprint density at radius 3 is 3.00 bits per heavy atom. The third-order valence-electron chi connectivity index (χ3n) is 4.69. The van der Waals surface area contributed by atoms with Crippen LogP contribution in [0.2, 0.25) is 0 Å². The maximum absolute atomic E-state index is 11.9. The number of hydrogen-bond donors (Lipinski definition) is 2. The average molecular weight is 289 g/mol. The highest BCUT2D eigenvalue weighted by Crippen LogP contribution is 2.32.